The number of esters is 1. The molecule has 6 heteroatoms. The molecule has 1 saturated heterocycles. The molecule has 2 N–H and O–H groups in total. The molecule has 6 nitrogen and oxygen atoms in total. The Bertz CT molecular complexity index is 464. The van der Waals surface area contributed by atoms with Crippen LogP contribution in [0.15, 0.2) is 30.3 Å². The van der Waals surface area contributed by atoms with Gasteiger partial charge in [-0.3, -0.25) is 10.1 Å². The molecule has 0 saturated carbocycles. The van der Waals surface area contributed by atoms with Crippen molar-refractivity contribution in [2.75, 3.05) is 18.5 Å². The second kappa shape index (κ2) is 6.91. The first-order chi connectivity index (χ1) is 9.69. The molecule has 1 aliphatic heterocycles. The molecule has 2 rings (SSSR count). The molecule has 20 heavy (non-hydrogen) atoms. The topological polar surface area (TPSA) is 76.7 Å². The first-order valence-corrected chi connectivity index (χ1v) is 6.61. The Hall–Kier alpha value is -2.08. The Balaban J connectivity index is 1.77. The van der Waals surface area contributed by atoms with Crippen molar-refractivity contribution in [3.63, 3.8) is 0 Å². The van der Waals surface area contributed by atoms with Gasteiger partial charge in [0.25, 0.3) is 0 Å². The zero-order valence-corrected chi connectivity index (χ0v) is 11.3. The van der Waals surface area contributed by atoms with Gasteiger partial charge in [0, 0.05) is 18.7 Å². The maximum Gasteiger partial charge on any atom is 0.411 e. The number of anilines is 1. The Morgan fingerprint density at radius 3 is 2.80 bits per heavy atom. The molecule has 0 aromatic heterocycles. The summed E-state index contributed by atoms with van der Waals surface area (Å²) in [7, 11) is 0. The van der Waals surface area contributed by atoms with E-state index in [2.05, 4.69) is 10.6 Å². The van der Waals surface area contributed by atoms with E-state index >= 15 is 0 Å². The van der Waals surface area contributed by atoms with Crippen LogP contribution in [0.4, 0.5) is 10.5 Å². The number of hydrogen-bond acceptors (Lipinski definition) is 5. The van der Waals surface area contributed by atoms with Crippen molar-refractivity contribution >= 4 is 17.7 Å². The summed E-state index contributed by atoms with van der Waals surface area (Å²) in [6.07, 6.45) is -0.415. The highest BCUT2D eigenvalue weighted by atomic mass is 16.6. The number of rotatable bonds is 4. The third-order valence-corrected chi connectivity index (χ3v) is 2.96. The first kappa shape index (κ1) is 14.3. The quantitative estimate of drug-likeness (QED) is 0.817. The smallest absolute Gasteiger partial charge is 0.411 e. The van der Waals surface area contributed by atoms with Crippen LogP contribution in [-0.4, -0.2) is 37.4 Å². The van der Waals surface area contributed by atoms with Gasteiger partial charge in [-0.05, 0) is 19.1 Å². The lowest BCUT2D eigenvalue weighted by Gasteiger charge is -2.12. The summed E-state index contributed by atoms with van der Waals surface area (Å²) < 4.78 is 10.2. The van der Waals surface area contributed by atoms with Crippen LogP contribution in [0, 0.1) is 0 Å². The molecule has 1 aliphatic rings. The van der Waals surface area contributed by atoms with E-state index in [1.165, 1.54) is 0 Å². The molecule has 1 aromatic carbocycles. The molecule has 1 aromatic rings. The maximum absolute atomic E-state index is 11.7. The number of carbonyl (C=O) groups excluding carboxylic acids is 2. The van der Waals surface area contributed by atoms with Crippen LogP contribution in [0.1, 0.15) is 13.3 Å². The van der Waals surface area contributed by atoms with Gasteiger partial charge in [0.05, 0.1) is 6.61 Å². The molecule has 1 amide bonds. The average molecular weight is 278 g/mol. The van der Waals surface area contributed by atoms with Crippen LogP contribution in [0.3, 0.4) is 0 Å². The van der Waals surface area contributed by atoms with Gasteiger partial charge in [0.1, 0.15) is 12.1 Å². The molecule has 0 bridgehead atoms. The zero-order valence-electron chi connectivity index (χ0n) is 11.3. The molecule has 108 valence electrons. The summed E-state index contributed by atoms with van der Waals surface area (Å²) in [6, 6.07) is 8.66. The van der Waals surface area contributed by atoms with Gasteiger partial charge in [-0.25, -0.2) is 4.79 Å². The molecule has 0 spiro atoms. The minimum Gasteiger partial charge on any atom is -0.465 e. The SMILES string of the molecule is CCOC(=O)[C@@H]1CC(OC(=O)Nc2ccccc2)CN1. The Morgan fingerprint density at radius 1 is 1.35 bits per heavy atom. The predicted octanol–water partition coefficient (Wildman–Crippen LogP) is 1.53. The fraction of sp³-hybridized carbons (Fsp3) is 0.429. The van der Waals surface area contributed by atoms with Crippen LogP contribution in [-0.2, 0) is 14.3 Å². The van der Waals surface area contributed by atoms with Gasteiger partial charge < -0.3 is 14.8 Å². The summed E-state index contributed by atoms with van der Waals surface area (Å²) in [6.45, 7) is 2.55. The second-order valence-corrected chi connectivity index (χ2v) is 4.47. The van der Waals surface area contributed by atoms with Crippen molar-refractivity contribution in [2.45, 2.75) is 25.5 Å². The number of nitrogens with one attached hydrogen (secondary N) is 2. The normalized spacial score (nSPS) is 21.2. The van der Waals surface area contributed by atoms with Crippen LogP contribution in [0.2, 0.25) is 0 Å². The van der Waals surface area contributed by atoms with Crippen LogP contribution in [0.5, 0.6) is 0 Å². The largest absolute Gasteiger partial charge is 0.465 e. The van der Waals surface area contributed by atoms with Crippen LogP contribution < -0.4 is 10.6 Å². The van der Waals surface area contributed by atoms with Crippen LogP contribution >= 0.6 is 0 Å². The molecule has 0 aliphatic carbocycles. The average Bonchev–Trinajstić information content (AvgIpc) is 2.88. The molecular weight excluding hydrogens is 260 g/mol. The van der Waals surface area contributed by atoms with E-state index in [4.69, 9.17) is 9.47 Å². The zero-order chi connectivity index (χ0) is 14.4. The van der Waals surface area contributed by atoms with E-state index in [0.29, 0.717) is 25.3 Å². The minimum absolute atomic E-state index is 0.304. The summed E-state index contributed by atoms with van der Waals surface area (Å²) >= 11 is 0. The van der Waals surface area contributed by atoms with Crippen molar-refractivity contribution in [3.05, 3.63) is 30.3 Å². The number of hydrogen-bond donors (Lipinski definition) is 2. The summed E-state index contributed by atoms with van der Waals surface area (Å²) in [5.74, 6) is -0.304. The van der Waals surface area contributed by atoms with Gasteiger partial charge in [-0.15, -0.1) is 0 Å². The lowest BCUT2D eigenvalue weighted by Crippen LogP contribution is -2.32. The lowest BCUT2D eigenvalue weighted by atomic mass is 10.2. The highest BCUT2D eigenvalue weighted by molar-refractivity contribution is 5.84. The number of ether oxygens (including phenoxy) is 2. The molecule has 1 unspecified atom stereocenters. The highest BCUT2D eigenvalue weighted by Gasteiger charge is 2.32. The van der Waals surface area contributed by atoms with Gasteiger partial charge in [0.2, 0.25) is 0 Å². The van der Waals surface area contributed by atoms with Crippen LogP contribution in [0.25, 0.3) is 0 Å². The highest BCUT2D eigenvalue weighted by Crippen LogP contribution is 2.13. The monoisotopic (exact) mass is 278 g/mol. The van der Waals surface area contributed by atoms with Gasteiger partial charge in [-0.1, -0.05) is 18.2 Å². The van der Waals surface area contributed by atoms with E-state index in [-0.39, 0.29) is 12.1 Å². The van der Waals surface area contributed by atoms with Crippen molar-refractivity contribution in [1.82, 2.24) is 5.32 Å². The van der Waals surface area contributed by atoms with Gasteiger partial charge in [-0.2, -0.15) is 0 Å². The second-order valence-electron chi connectivity index (χ2n) is 4.47. The van der Waals surface area contributed by atoms with E-state index in [9.17, 15) is 9.59 Å². The number of para-hydroxylation sites is 1. The van der Waals surface area contributed by atoms with E-state index < -0.39 is 12.1 Å². The molecule has 1 fully saturated rings. The standard InChI is InChI=1S/C14H18N2O4/c1-2-19-13(17)12-8-11(9-15-12)20-14(18)16-10-6-4-3-5-7-10/h3-7,11-12,15H,2,8-9H2,1H3,(H,16,18)/t11?,12-/m0/s1. The summed E-state index contributed by atoms with van der Waals surface area (Å²) in [5, 5.41) is 5.61. The van der Waals surface area contributed by atoms with Crippen molar-refractivity contribution < 1.29 is 19.1 Å². The first-order valence-electron chi connectivity index (χ1n) is 6.61. The van der Waals surface area contributed by atoms with Gasteiger partial charge in [0.15, 0.2) is 0 Å². The van der Waals surface area contributed by atoms with Crippen molar-refractivity contribution in [1.29, 1.82) is 0 Å². The Morgan fingerprint density at radius 2 is 2.10 bits per heavy atom. The summed E-state index contributed by atoms with van der Waals surface area (Å²) in [5.41, 5.74) is 0.672. The minimum atomic E-state index is -0.521. The van der Waals surface area contributed by atoms with E-state index in [1.807, 2.05) is 18.2 Å². The fourth-order valence-electron chi connectivity index (χ4n) is 2.04. The Kier molecular flexibility index (Phi) is 4.95. The van der Waals surface area contributed by atoms with Crippen molar-refractivity contribution in [3.8, 4) is 0 Å². The van der Waals surface area contributed by atoms with E-state index in [0.717, 1.165) is 0 Å². The third kappa shape index (κ3) is 3.96. The Labute approximate surface area is 117 Å². The van der Waals surface area contributed by atoms with Crippen molar-refractivity contribution in [2.24, 2.45) is 0 Å². The van der Waals surface area contributed by atoms with E-state index in [1.54, 1.807) is 19.1 Å². The third-order valence-electron chi connectivity index (χ3n) is 2.96. The lowest BCUT2D eigenvalue weighted by molar-refractivity contribution is -0.145. The molecular formula is C14H18N2O4. The number of benzene rings is 1. The molecule has 1 heterocycles. The fourth-order valence-corrected chi connectivity index (χ4v) is 2.04. The molecule has 0 radical (unpaired) electrons. The summed E-state index contributed by atoms with van der Waals surface area (Å²) in [4.78, 5) is 23.2. The van der Waals surface area contributed by atoms with Gasteiger partial charge >= 0.3 is 12.1 Å². The number of carbonyl (C=O) groups is 2. The molecule has 2 atom stereocenters. The number of amides is 1. The maximum atomic E-state index is 11.7. The predicted molar refractivity (Wildman–Crippen MR) is 73.4 cm³/mol.